The molecule has 2 N–H and O–H groups in total. The zero-order chi connectivity index (χ0) is 26.9. The van der Waals surface area contributed by atoms with Gasteiger partial charge in [-0.1, -0.05) is 13.8 Å². The number of likely N-dealkylation sites (tertiary alicyclic amines) is 2. The Morgan fingerprint density at radius 1 is 0.923 bits per heavy atom. The molecule has 6 nitrogen and oxygen atoms in total. The number of aliphatic hydroxyl groups excluding tert-OH is 2. The molecule has 6 rings (SSSR count). The largest absolute Gasteiger partial charge is 1.00 e. The minimum absolute atomic E-state index is 0. The number of aliphatic hydroxyl groups is 2. The number of esters is 1. The summed E-state index contributed by atoms with van der Waals surface area (Å²) in [6.07, 6.45) is 13.4. The van der Waals surface area contributed by atoms with E-state index in [0.717, 1.165) is 43.3 Å². The number of hydrogen-bond donors (Lipinski definition) is 2. The second-order valence-corrected chi connectivity index (χ2v) is 15.4. The highest BCUT2D eigenvalue weighted by Gasteiger charge is 2.67. The minimum atomic E-state index is -0.235. The van der Waals surface area contributed by atoms with E-state index >= 15 is 0 Å². The van der Waals surface area contributed by atoms with Crippen LogP contribution in [0.4, 0.5) is 0 Å². The molecule has 10 atom stereocenters. The third-order valence-corrected chi connectivity index (χ3v) is 13.5. The summed E-state index contributed by atoms with van der Waals surface area (Å²) >= 11 is 0. The van der Waals surface area contributed by atoms with Crippen LogP contribution in [0, 0.1) is 34.5 Å². The second-order valence-electron chi connectivity index (χ2n) is 15.4. The van der Waals surface area contributed by atoms with Gasteiger partial charge < -0.3 is 36.4 Å². The van der Waals surface area contributed by atoms with Gasteiger partial charge in [0.15, 0.2) is 6.10 Å². The van der Waals surface area contributed by atoms with Gasteiger partial charge in [0.05, 0.1) is 32.3 Å². The maximum Gasteiger partial charge on any atom is 0.303 e. The number of nitrogens with zero attached hydrogens (tertiary/aromatic N) is 2. The van der Waals surface area contributed by atoms with Gasteiger partial charge in [-0.2, -0.15) is 0 Å². The first-order valence-electron chi connectivity index (χ1n) is 16.2. The van der Waals surface area contributed by atoms with E-state index in [1.54, 1.807) is 6.92 Å². The first-order valence-corrected chi connectivity index (χ1v) is 16.2. The van der Waals surface area contributed by atoms with Crippen molar-refractivity contribution in [1.82, 2.24) is 4.90 Å². The van der Waals surface area contributed by atoms with Crippen molar-refractivity contribution >= 4 is 5.97 Å². The van der Waals surface area contributed by atoms with Gasteiger partial charge in [-0.3, -0.25) is 9.69 Å². The van der Waals surface area contributed by atoms with Crippen molar-refractivity contribution in [2.45, 2.75) is 128 Å². The average molecular weight is 612 g/mol. The van der Waals surface area contributed by atoms with Crippen molar-refractivity contribution in [2.24, 2.45) is 34.5 Å². The van der Waals surface area contributed by atoms with Gasteiger partial charge in [-0.25, -0.2) is 0 Å². The molecule has 0 aromatic carbocycles. The fourth-order valence-electron chi connectivity index (χ4n) is 11.4. The standard InChI is InChI=1S/C32H55N2O4.BrH/c1-21(35)38-30-28(34(4)16-6-5-7-17-34)19-26-24-9-8-22-18-29(37)27(33-14-11-23(36)12-15-33)20-32(22,3)25(24)10-13-31(26,30)2;/h22-30,36-37H,5-20H2,1-4H3;1H/q+1;/p-1/t22-,24?,25?,26?,27-,28-,29-,30-,31-,32-;/m0./s1. The Bertz CT molecular complexity index is 889. The summed E-state index contributed by atoms with van der Waals surface area (Å²) in [5.74, 6) is 2.55. The summed E-state index contributed by atoms with van der Waals surface area (Å²) in [5, 5.41) is 21.4. The minimum Gasteiger partial charge on any atom is -1.00 e. The van der Waals surface area contributed by atoms with Gasteiger partial charge >= 0.3 is 5.97 Å². The van der Waals surface area contributed by atoms with Gasteiger partial charge in [0.2, 0.25) is 0 Å². The third-order valence-electron chi connectivity index (χ3n) is 13.5. The van der Waals surface area contributed by atoms with Gasteiger partial charge in [-0.05, 0) is 99.7 Å². The average Bonchev–Trinajstić information content (AvgIpc) is 3.18. The van der Waals surface area contributed by atoms with Gasteiger partial charge in [0, 0.05) is 37.9 Å². The maximum atomic E-state index is 12.4. The van der Waals surface area contributed by atoms with Crippen LogP contribution < -0.4 is 17.0 Å². The van der Waals surface area contributed by atoms with E-state index in [0.29, 0.717) is 29.7 Å². The molecule has 7 heteroatoms. The van der Waals surface area contributed by atoms with Crippen LogP contribution in [0.15, 0.2) is 0 Å². The number of carbonyl (C=O) groups excluding carboxylic acids is 1. The van der Waals surface area contributed by atoms with E-state index in [2.05, 4.69) is 25.8 Å². The molecule has 4 aliphatic carbocycles. The van der Waals surface area contributed by atoms with Crippen molar-refractivity contribution in [3.8, 4) is 0 Å². The number of rotatable bonds is 3. The highest BCUT2D eigenvalue weighted by molar-refractivity contribution is 5.66. The Balaban J connectivity index is 0.00000308. The lowest BCUT2D eigenvalue weighted by Gasteiger charge is -2.62. The van der Waals surface area contributed by atoms with Crippen molar-refractivity contribution in [1.29, 1.82) is 0 Å². The SMILES string of the molecule is CC(=O)O[C@H]1[C@@H]([N+]2(C)CCCCC2)CC2C3CC[C@H]4C[C@H](O)[C@@H](N5CCC(O)CC5)C[C@]4(C)C3CC[C@@]21C.[Br-]. The lowest BCUT2D eigenvalue weighted by Crippen LogP contribution is -3.00. The molecule has 0 aromatic rings. The van der Waals surface area contributed by atoms with Crippen LogP contribution in [0.2, 0.25) is 0 Å². The van der Waals surface area contributed by atoms with Gasteiger partial charge in [0.1, 0.15) is 6.04 Å². The van der Waals surface area contributed by atoms with Crippen molar-refractivity contribution in [3.63, 3.8) is 0 Å². The quantitative estimate of drug-likeness (QED) is 0.373. The Hall–Kier alpha value is -0.210. The predicted molar refractivity (Wildman–Crippen MR) is 148 cm³/mol. The van der Waals surface area contributed by atoms with E-state index in [1.807, 2.05) is 0 Å². The highest BCUT2D eigenvalue weighted by atomic mass is 79.9. The van der Waals surface area contributed by atoms with E-state index < -0.39 is 0 Å². The fourth-order valence-corrected chi connectivity index (χ4v) is 11.4. The Labute approximate surface area is 247 Å². The molecule has 2 aliphatic heterocycles. The van der Waals surface area contributed by atoms with Crippen LogP contribution in [0.25, 0.3) is 0 Å². The number of fused-ring (bicyclic) bond motifs is 5. The molecule has 0 spiro atoms. The lowest BCUT2D eigenvalue weighted by molar-refractivity contribution is -0.940. The Kier molecular flexibility index (Phi) is 8.63. The molecule has 39 heavy (non-hydrogen) atoms. The molecule has 6 aliphatic rings. The van der Waals surface area contributed by atoms with Crippen LogP contribution in [0.5, 0.6) is 0 Å². The van der Waals surface area contributed by atoms with Crippen LogP contribution in [-0.2, 0) is 9.53 Å². The van der Waals surface area contributed by atoms with Crippen molar-refractivity contribution in [3.05, 3.63) is 0 Å². The summed E-state index contributed by atoms with van der Waals surface area (Å²) in [6, 6.07) is 0.665. The topological polar surface area (TPSA) is 70.0 Å². The molecule has 2 saturated heterocycles. The molecule has 0 radical (unpaired) electrons. The number of quaternary nitrogens is 1. The first kappa shape index (κ1) is 30.3. The molecule has 2 heterocycles. The third kappa shape index (κ3) is 5.06. The molecule has 4 saturated carbocycles. The summed E-state index contributed by atoms with van der Waals surface area (Å²) in [5.41, 5.74) is 0.346. The second kappa shape index (κ2) is 11.1. The molecule has 224 valence electrons. The summed E-state index contributed by atoms with van der Waals surface area (Å²) in [6.45, 7) is 11.0. The van der Waals surface area contributed by atoms with Crippen LogP contribution in [-0.4, -0.2) is 89.2 Å². The number of likely N-dealkylation sites (N-methyl/N-ethyl adjacent to an activating group) is 1. The van der Waals surface area contributed by atoms with Crippen molar-refractivity contribution in [2.75, 3.05) is 33.2 Å². The lowest BCUT2D eigenvalue weighted by atomic mass is 9.44. The molecule has 0 amide bonds. The Morgan fingerprint density at radius 2 is 1.62 bits per heavy atom. The zero-order valence-electron chi connectivity index (χ0n) is 25.0. The van der Waals surface area contributed by atoms with Crippen LogP contribution >= 0.6 is 0 Å². The van der Waals surface area contributed by atoms with Crippen molar-refractivity contribution < 1.29 is 41.2 Å². The molecular weight excluding hydrogens is 556 g/mol. The van der Waals surface area contributed by atoms with E-state index in [9.17, 15) is 15.0 Å². The summed E-state index contributed by atoms with van der Waals surface area (Å²) in [7, 11) is 2.46. The summed E-state index contributed by atoms with van der Waals surface area (Å²) < 4.78 is 7.42. The van der Waals surface area contributed by atoms with E-state index in [4.69, 9.17) is 4.74 Å². The number of ether oxygens (including phenoxy) is 1. The van der Waals surface area contributed by atoms with Crippen LogP contribution in [0.1, 0.15) is 97.8 Å². The van der Waals surface area contributed by atoms with Crippen LogP contribution in [0.3, 0.4) is 0 Å². The number of hydrogen-bond acceptors (Lipinski definition) is 5. The molecule has 3 unspecified atom stereocenters. The molecule has 0 bridgehead atoms. The fraction of sp³-hybridized carbons (Fsp3) is 0.969. The first-order chi connectivity index (χ1) is 18.0. The number of halogens is 1. The molecule has 0 aromatic heterocycles. The highest BCUT2D eigenvalue weighted by Crippen LogP contribution is 2.67. The number of piperidine rings is 2. The predicted octanol–water partition coefficient (Wildman–Crippen LogP) is 1.37. The Morgan fingerprint density at radius 3 is 2.28 bits per heavy atom. The van der Waals surface area contributed by atoms with Gasteiger partial charge in [0.25, 0.3) is 0 Å². The normalized spacial score (nSPS) is 48.3. The smallest absolute Gasteiger partial charge is 0.303 e. The summed E-state index contributed by atoms with van der Waals surface area (Å²) in [4.78, 5) is 14.9. The van der Waals surface area contributed by atoms with E-state index in [1.165, 1.54) is 64.5 Å². The van der Waals surface area contributed by atoms with E-state index in [-0.39, 0.29) is 58.1 Å². The molecular formula is C32H55BrN2O4. The maximum absolute atomic E-state index is 12.4. The molecule has 6 fully saturated rings. The zero-order valence-corrected chi connectivity index (χ0v) is 26.6. The van der Waals surface area contributed by atoms with Gasteiger partial charge in [-0.15, -0.1) is 0 Å². The monoisotopic (exact) mass is 610 g/mol. The number of carbonyl (C=O) groups is 1.